The average molecular weight is 294 g/mol. The van der Waals surface area contributed by atoms with Crippen molar-refractivity contribution in [2.45, 2.75) is 13.0 Å². The van der Waals surface area contributed by atoms with Gasteiger partial charge in [0.15, 0.2) is 0 Å². The molecule has 3 aromatic rings. The van der Waals surface area contributed by atoms with Gasteiger partial charge in [-0.05, 0) is 36.8 Å². The van der Waals surface area contributed by atoms with Gasteiger partial charge in [0.25, 0.3) is 5.91 Å². The lowest BCUT2D eigenvalue weighted by molar-refractivity contribution is 0.0940. The zero-order valence-electron chi connectivity index (χ0n) is 12.6. The molecule has 0 bridgehead atoms. The molecule has 5 nitrogen and oxygen atoms in total. The Balaban J connectivity index is 1.69. The van der Waals surface area contributed by atoms with Gasteiger partial charge in [-0.3, -0.25) is 9.48 Å². The highest BCUT2D eigenvalue weighted by atomic mass is 16.1. The Hall–Kier alpha value is -2.82. The van der Waals surface area contributed by atoms with E-state index in [0.717, 1.165) is 11.3 Å². The van der Waals surface area contributed by atoms with E-state index in [2.05, 4.69) is 10.4 Å². The van der Waals surface area contributed by atoms with Crippen LogP contribution in [0.1, 0.15) is 28.9 Å². The van der Waals surface area contributed by atoms with E-state index < -0.39 is 0 Å². The molecule has 2 aromatic heterocycles. The second kappa shape index (κ2) is 5.89. The van der Waals surface area contributed by atoms with E-state index in [1.807, 2.05) is 60.3 Å². The van der Waals surface area contributed by atoms with E-state index in [4.69, 9.17) is 0 Å². The molecule has 1 aromatic carbocycles. The minimum Gasteiger partial charge on any atom is -0.345 e. The molecule has 1 amide bonds. The molecule has 1 atom stereocenters. The average Bonchev–Trinajstić information content (AvgIpc) is 3.18. The summed E-state index contributed by atoms with van der Waals surface area (Å²) in [4.78, 5) is 12.1. The Bertz CT molecular complexity index is 756. The molecule has 0 radical (unpaired) electrons. The highest BCUT2D eigenvalue weighted by Crippen LogP contribution is 2.16. The lowest BCUT2D eigenvalue weighted by Gasteiger charge is -2.14. The van der Waals surface area contributed by atoms with Crippen LogP contribution in [0.4, 0.5) is 0 Å². The Kier molecular flexibility index (Phi) is 3.78. The normalized spacial score (nSPS) is 12.1. The van der Waals surface area contributed by atoms with Crippen molar-refractivity contribution >= 4 is 5.91 Å². The van der Waals surface area contributed by atoms with Gasteiger partial charge >= 0.3 is 0 Å². The fourth-order valence-corrected chi connectivity index (χ4v) is 2.34. The van der Waals surface area contributed by atoms with Gasteiger partial charge in [0.05, 0.1) is 17.8 Å². The highest BCUT2D eigenvalue weighted by Gasteiger charge is 2.12. The first-order valence-corrected chi connectivity index (χ1v) is 7.16. The molecule has 0 aliphatic carbocycles. The Morgan fingerprint density at radius 2 is 1.86 bits per heavy atom. The molecular formula is C17H18N4O. The third kappa shape index (κ3) is 2.93. The van der Waals surface area contributed by atoms with Crippen LogP contribution in [0.2, 0.25) is 0 Å². The van der Waals surface area contributed by atoms with Crippen molar-refractivity contribution in [1.82, 2.24) is 19.7 Å². The number of aryl methyl sites for hydroxylation is 1. The second-order valence-electron chi connectivity index (χ2n) is 5.28. The molecule has 0 spiro atoms. The van der Waals surface area contributed by atoms with Gasteiger partial charge in [-0.2, -0.15) is 5.10 Å². The minimum absolute atomic E-state index is 0.0635. The van der Waals surface area contributed by atoms with Crippen LogP contribution in [0.15, 0.2) is 61.2 Å². The molecule has 0 fully saturated rings. The molecule has 0 saturated heterocycles. The van der Waals surface area contributed by atoms with Gasteiger partial charge < -0.3 is 9.88 Å². The Morgan fingerprint density at radius 1 is 1.18 bits per heavy atom. The van der Waals surface area contributed by atoms with Crippen LogP contribution in [0, 0.1) is 0 Å². The summed E-state index contributed by atoms with van der Waals surface area (Å²) >= 11 is 0. The first-order chi connectivity index (χ1) is 10.6. The number of carbonyl (C=O) groups is 1. The fraction of sp³-hybridized carbons (Fsp3) is 0.176. The maximum Gasteiger partial charge on any atom is 0.254 e. The van der Waals surface area contributed by atoms with Crippen molar-refractivity contribution in [1.29, 1.82) is 0 Å². The van der Waals surface area contributed by atoms with Crippen molar-refractivity contribution in [3.05, 3.63) is 72.3 Å². The second-order valence-corrected chi connectivity index (χ2v) is 5.28. The molecule has 0 aliphatic heterocycles. The van der Waals surface area contributed by atoms with E-state index >= 15 is 0 Å². The van der Waals surface area contributed by atoms with Gasteiger partial charge in [0.1, 0.15) is 0 Å². The minimum atomic E-state index is -0.116. The van der Waals surface area contributed by atoms with Crippen LogP contribution >= 0.6 is 0 Å². The number of nitrogens with one attached hydrogen (secondary N) is 1. The third-order valence-electron chi connectivity index (χ3n) is 3.61. The molecule has 3 rings (SSSR count). The summed E-state index contributed by atoms with van der Waals surface area (Å²) in [7, 11) is 1.79. The van der Waals surface area contributed by atoms with Crippen LogP contribution in [-0.4, -0.2) is 20.3 Å². The number of hydrogen-bond donors (Lipinski definition) is 1. The van der Waals surface area contributed by atoms with Crippen LogP contribution in [0.5, 0.6) is 0 Å². The van der Waals surface area contributed by atoms with Gasteiger partial charge in [-0.15, -0.1) is 0 Å². The molecule has 1 N–H and O–H groups in total. The van der Waals surface area contributed by atoms with Crippen molar-refractivity contribution < 1.29 is 4.79 Å². The molecule has 5 heteroatoms. The van der Waals surface area contributed by atoms with Gasteiger partial charge in [0, 0.05) is 31.3 Å². The molecular weight excluding hydrogens is 276 g/mol. The molecule has 22 heavy (non-hydrogen) atoms. The number of hydrogen-bond acceptors (Lipinski definition) is 2. The van der Waals surface area contributed by atoms with E-state index in [9.17, 15) is 4.79 Å². The number of aromatic nitrogens is 3. The first-order valence-electron chi connectivity index (χ1n) is 7.16. The molecule has 2 heterocycles. The number of benzene rings is 1. The highest BCUT2D eigenvalue weighted by molar-refractivity contribution is 5.93. The van der Waals surface area contributed by atoms with Gasteiger partial charge in [-0.1, -0.05) is 12.1 Å². The smallest absolute Gasteiger partial charge is 0.254 e. The fourth-order valence-electron chi connectivity index (χ4n) is 2.34. The lowest BCUT2D eigenvalue weighted by atomic mass is 10.1. The van der Waals surface area contributed by atoms with Gasteiger partial charge in [-0.25, -0.2) is 0 Å². The Labute approximate surface area is 129 Å². The van der Waals surface area contributed by atoms with Gasteiger partial charge in [0.2, 0.25) is 0 Å². The standard InChI is InChI=1S/C17H18N4O/c1-13(19-17(22)15-11-18-20(2)12-15)14-5-7-16(8-6-14)21-9-3-4-10-21/h3-13H,1-2H3,(H,19,22). The summed E-state index contributed by atoms with van der Waals surface area (Å²) in [5, 5.41) is 6.99. The SMILES string of the molecule is CC(NC(=O)c1cnn(C)c1)c1ccc(-n2cccc2)cc1. The van der Waals surface area contributed by atoms with Crippen molar-refractivity contribution in [2.24, 2.45) is 7.05 Å². The summed E-state index contributed by atoms with van der Waals surface area (Å²) in [6, 6.07) is 12.1. The van der Waals surface area contributed by atoms with Crippen LogP contribution in [-0.2, 0) is 7.05 Å². The number of nitrogens with zero attached hydrogens (tertiary/aromatic N) is 3. The van der Waals surface area contributed by atoms with E-state index in [1.165, 1.54) is 0 Å². The predicted octanol–water partition coefficient (Wildman–Crippen LogP) is 2.70. The zero-order chi connectivity index (χ0) is 15.5. The van der Waals surface area contributed by atoms with Crippen molar-refractivity contribution in [3.8, 4) is 5.69 Å². The predicted molar refractivity (Wildman–Crippen MR) is 84.9 cm³/mol. The summed E-state index contributed by atoms with van der Waals surface area (Å²) in [6.45, 7) is 1.97. The van der Waals surface area contributed by atoms with E-state index in [-0.39, 0.29) is 11.9 Å². The maximum absolute atomic E-state index is 12.1. The summed E-state index contributed by atoms with van der Waals surface area (Å²) < 4.78 is 3.66. The van der Waals surface area contributed by atoms with Crippen molar-refractivity contribution in [3.63, 3.8) is 0 Å². The topological polar surface area (TPSA) is 51.9 Å². The quantitative estimate of drug-likeness (QED) is 0.804. The van der Waals surface area contributed by atoms with Crippen LogP contribution in [0.3, 0.4) is 0 Å². The first kappa shape index (κ1) is 14.1. The number of rotatable bonds is 4. The third-order valence-corrected chi connectivity index (χ3v) is 3.61. The Morgan fingerprint density at radius 3 is 2.45 bits per heavy atom. The molecule has 0 aliphatic rings. The molecule has 1 unspecified atom stereocenters. The van der Waals surface area contributed by atoms with Crippen LogP contribution in [0.25, 0.3) is 5.69 Å². The molecule has 0 saturated carbocycles. The summed E-state index contributed by atoms with van der Waals surface area (Å²) in [5.41, 5.74) is 2.73. The lowest BCUT2D eigenvalue weighted by Crippen LogP contribution is -2.26. The monoisotopic (exact) mass is 294 g/mol. The maximum atomic E-state index is 12.1. The summed E-state index contributed by atoms with van der Waals surface area (Å²) in [5.74, 6) is -0.116. The van der Waals surface area contributed by atoms with Crippen LogP contribution < -0.4 is 5.32 Å². The van der Waals surface area contributed by atoms with Crippen molar-refractivity contribution in [2.75, 3.05) is 0 Å². The zero-order valence-corrected chi connectivity index (χ0v) is 12.6. The number of amides is 1. The largest absolute Gasteiger partial charge is 0.345 e. The molecule has 112 valence electrons. The number of carbonyl (C=O) groups excluding carboxylic acids is 1. The summed E-state index contributed by atoms with van der Waals surface area (Å²) in [6.07, 6.45) is 7.28. The van der Waals surface area contributed by atoms with E-state index in [0.29, 0.717) is 5.56 Å². The van der Waals surface area contributed by atoms with E-state index in [1.54, 1.807) is 24.1 Å².